The Morgan fingerprint density at radius 1 is 1.00 bits per heavy atom. The molecule has 0 spiro atoms. The average Bonchev–Trinajstić information content (AvgIpc) is 3.54. The molecule has 3 aromatic rings. The third-order valence-corrected chi connectivity index (χ3v) is 6.44. The van der Waals surface area contributed by atoms with E-state index in [4.69, 9.17) is 25.7 Å². The minimum Gasteiger partial charge on any atom is -0.492 e. The molecule has 1 aliphatic heterocycles. The topological polar surface area (TPSA) is 80.4 Å². The standard InChI is InChI=1S/C26H22ClN3O3S/c27-25-11-7-19(14-29-25)22(31)15-28-12-13-32-20-8-4-18(5-9-20)26-30-21(16-34-26)24-10-6-17-2-1-3-23(17)33-24/h1-11,14,16,22,28,31H,12-13,15H2/t22-/m0/s1. The van der Waals surface area contributed by atoms with Crippen molar-refractivity contribution in [1.82, 2.24) is 15.3 Å². The summed E-state index contributed by atoms with van der Waals surface area (Å²) in [6.45, 7) is 1.49. The van der Waals surface area contributed by atoms with Gasteiger partial charge in [-0.1, -0.05) is 29.8 Å². The molecule has 6 nitrogen and oxygen atoms in total. The first-order valence-electron chi connectivity index (χ1n) is 10.8. The van der Waals surface area contributed by atoms with E-state index in [-0.39, 0.29) is 0 Å². The van der Waals surface area contributed by atoms with Crippen LogP contribution in [0.4, 0.5) is 0 Å². The molecule has 1 aromatic carbocycles. The molecule has 1 atom stereocenters. The molecule has 0 amide bonds. The molecule has 0 unspecified atom stereocenters. The fourth-order valence-electron chi connectivity index (χ4n) is 3.50. The van der Waals surface area contributed by atoms with Crippen LogP contribution in [-0.2, 0) is 0 Å². The highest BCUT2D eigenvalue weighted by Gasteiger charge is 2.12. The summed E-state index contributed by atoms with van der Waals surface area (Å²) < 4.78 is 11.8. The van der Waals surface area contributed by atoms with E-state index in [0.29, 0.717) is 24.8 Å². The SMILES string of the molecule is O[C@@H](CNCCOc1ccc(-c2nc(-c3ccc4cccc-4o3)cs2)cc1)c1ccc(Cl)nc1. The third-order valence-electron chi connectivity index (χ3n) is 5.32. The maximum absolute atomic E-state index is 10.2. The van der Waals surface area contributed by atoms with Crippen LogP contribution in [0.3, 0.4) is 0 Å². The van der Waals surface area contributed by atoms with Gasteiger partial charge in [-0.3, -0.25) is 0 Å². The predicted molar refractivity (Wildman–Crippen MR) is 134 cm³/mol. The number of aliphatic hydroxyl groups excluding tert-OH is 1. The van der Waals surface area contributed by atoms with E-state index in [1.807, 2.05) is 60.0 Å². The molecule has 2 N–H and O–H groups in total. The molecule has 172 valence electrons. The third kappa shape index (κ3) is 5.29. The van der Waals surface area contributed by atoms with Gasteiger partial charge >= 0.3 is 0 Å². The minimum atomic E-state index is -0.647. The highest BCUT2D eigenvalue weighted by molar-refractivity contribution is 7.13. The highest BCUT2D eigenvalue weighted by atomic mass is 35.5. The number of nitrogens with one attached hydrogen (secondary N) is 1. The van der Waals surface area contributed by atoms with Gasteiger partial charge in [-0.05, 0) is 48.5 Å². The summed E-state index contributed by atoms with van der Waals surface area (Å²) in [7, 11) is 0. The lowest BCUT2D eigenvalue weighted by molar-refractivity contribution is 0.171. The molecule has 0 bridgehead atoms. The molecule has 1 aliphatic carbocycles. The summed E-state index contributed by atoms with van der Waals surface area (Å²) in [5, 5.41) is 16.7. The van der Waals surface area contributed by atoms with Crippen molar-refractivity contribution in [3.8, 4) is 39.1 Å². The monoisotopic (exact) mass is 491 g/mol. The first kappa shape index (κ1) is 22.6. The molecular weight excluding hydrogens is 470 g/mol. The molecule has 0 radical (unpaired) electrons. The molecule has 3 heterocycles. The number of thiazole rings is 1. The number of pyridine rings is 1. The van der Waals surface area contributed by atoms with Crippen LogP contribution in [0.1, 0.15) is 11.7 Å². The fraction of sp³-hybridized carbons (Fsp3) is 0.154. The van der Waals surface area contributed by atoms with E-state index in [9.17, 15) is 5.11 Å². The summed E-state index contributed by atoms with van der Waals surface area (Å²) >= 11 is 7.35. The van der Waals surface area contributed by atoms with Crippen molar-refractivity contribution >= 4 is 22.9 Å². The van der Waals surface area contributed by atoms with E-state index in [1.54, 1.807) is 29.7 Å². The molecule has 5 rings (SSSR count). The quantitative estimate of drug-likeness (QED) is 0.196. The van der Waals surface area contributed by atoms with Crippen molar-refractivity contribution in [3.05, 3.63) is 89.0 Å². The lowest BCUT2D eigenvalue weighted by atomic mass is 10.1. The number of ether oxygens (including phenoxy) is 1. The number of rotatable bonds is 9. The fourth-order valence-corrected chi connectivity index (χ4v) is 4.43. The number of hydrogen-bond acceptors (Lipinski definition) is 7. The highest BCUT2D eigenvalue weighted by Crippen LogP contribution is 2.33. The first-order chi connectivity index (χ1) is 16.7. The number of aliphatic hydroxyl groups is 1. The van der Waals surface area contributed by atoms with E-state index < -0.39 is 6.10 Å². The molecule has 8 heteroatoms. The number of aromatic nitrogens is 2. The van der Waals surface area contributed by atoms with Crippen LogP contribution >= 0.6 is 22.9 Å². The second kappa shape index (κ2) is 10.4. The van der Waals surface area contributed by atoms with Gasteiger partial charge in [0.15, 0.2) is 5.76 Å². The molecule has 2 aromatic heterocycles. The Morgan fingerprint density at radius 3 is 2.68 bits per heavy atom. The molecule has 34 heavy (non-hydrogen) atoms. The Morgan fingerprint density at radius 2 is 1.85 bits per heavy atom. The maximum atomic E-state index is 10.2. The largest absolute Gasteiger partial charge is 0.492 e. The van der Waals surface area contributed by atoms with Gasteiger partial charge in [0.2, 0.25) is 0 Å². The number of nitrogens with zero attached hydrogens (tertiary/aromatic N) is 2. The van der Waals surface area contributed by atoms with Crippen LogP contribution in [0.2, 0.25) is 5.15 Å². The number of fused-ring (bicyclic) bond motifs is 1. The van der Waals surface area contributed by atoms with Gasteiger partial charge in [-0.2, -0.15) is 0 Å². The summed E-state index contributed by atoms with van der Waals surface area (Å²) in [4.78, 5) is 8.73. The molecule has 0 saturated carbocycles. The van der Waals surface area contributed by atoms with Crippen molar-refractivity contribution in [1.29, 1.82) is 0 Å². The van der Waals surface area contributed by atoms with Crippen molar-refractivity contribution in [2.75, 3.05) is 19.7 Å². The molecule has 0 fully saturated rings. The summed E-state index contributed by atoms with van der Waals surface area (Å²) in [5.41, 5.74) is 3.65. The van der Waals surface area contributed by atoms with Gasteiger partial charge < -0.3 is 19.6 Å². The van der Waals surface area contributed by atoms with Gasteiger partial charge in [0.25, 0.3) is 0 Å². The molecular formula is C26H22ClN3O3S. The first-order valence-corrected chi connectivity index (χ1v) is 12.1. The zero-order valence-corrected chi connectivity index (χ0v) is 19.7. The van der Waals surface area contributed by atoms with Crippen molar-refractivity contribution in [3.63, 3.8) is 0 Å². The summed E-state index contributed by atoms with van der Waals surface area (Å²) in [6.07, 6.45) is 0.931. The van der Waals surface area contributed by atoms with Crippen molar-refractivity contribution < 1.29 is 14.3 Å². The van der Waals surface area contributed by atoms with Crippen LogP contribution in [0, 0.1) is 0 Å². The van der Waals surface area contributed by atoms with Crippen LogP contribution in [0.15, 0.2) is 82.7 Å². The minimum absolute atomic E-state index is 0.406. The van der Waals surface area contributed by atoms with Crippen LogP contribution in [0.25, 0.3) is 33.3 Å². The Labute approximate surface area is 206 Å². The predicted octanol–water partition coefficient (Wildman–Crippen LogP) is 5.93. The Balaban J connectivity index is 1.11. The van der Waals surface area contributed by atoms with Gasteiger partial charge in [-0.15, -0.1) is 11.3 Å². The van der Waals surface area contributed by atoms with Gasteiger partial charge in [0, 0.05) is 41.4 Å². The normalized spacial score (nSPS) is 12.2. The van der Waals surface area contributed by atoms with E-state index in [0.717, 1.165) is 44.7 Å². The lowest BCUT2D eigenvalue weighted by Gasteiger charge is -2.12. The van der Waals surface area contributed by atoms with E-state index in [1.165, 1.54) is 0 Å². The molecule has 0 saturated heterocycles. The molecule has 2 aliphatic rings. The zero-order valence-electron chi connectivity index (χ0n) is 18.1. The van der Waals surface area contributed by atoms with E-state index in [2.05, 4.69) is 10.3 Å². The Bertz CT molecular complexity index is 1320. The van der Waals surface area contributed by atoms with Gasteiger partial charge in [0.1, 0.15) is 34.0 Å². The average molecular weight is 492 g/mol. The van der Waals surface area contributed by atoms with E-state index >= 15 is 0 Å². The number of benzene rings is 1. The van der Waals surface area contributed by atoms with Crippen LogP contribution < -0.4 is 10.1 Å². The van der Waals surface area contributed by atoms with Crippen LogP contribution in [0.5, 0.6) is 5.75 Å². The van der Waals surface area contributed by atoms with Crippen molar-refractivity contribution in [2.45, 2.75) is 6.10 Å². The number of hydrogen-bond donors (Lipinski definition) is 2. The maximum Gasteiger partial charge on any atom is 0.153 e. The Kier molecular flexibility index (Phi) is 6.87. The second-order valence-corrected chi connectivity index (χ2v) is 8.94. The zero-order chi connectivity index (χ0) is 23.3. The smallest absolute Gasteiger partial charge is 0.153 e. The van der Waals surface area contributed by atoms with Crippen molar-refractivity contribution in [2.24, 2.45) is 0 Å². The number of halogens is 1. The van der Waals surface area contributed by atoms with Crippen LogP contribution in [-0.4, -0.2) is 34.8 Å². The lowest BCUT2D eigenvalue weighted by Crippen LogP contribution is -2.26. The van der Waals surface area contributed by atoms with Gasteiger partial charge in [0.05, 0.1) is 6.10 Å². The summed E-state index contributed by atoms with van der Waals surface area (Å²) in [6, 6.07) is 21.3. The van der Waals surface area contributed by atoms with Gasteiger partial charge in [-0.25, -0.2) is 9.97 Å². The second-order valence-electron chi connectivity index (χ2n) is 7.69. The summed E-state index contributed by atoms with van der Waals surface area (Å²) in [5.74, 6) is 2.40. The Hall–Kier alpha value is -3.23.